The van der Waals surface area contributed by atoms with E-state index in [0.29, 0.717) is 5.69 Å². The molecule has 16 heavy (non-hydrogen) atoms. The molecule has 0 atom stereocenters. The summed E-state index contributed by atoms with van der Waals surface area (Å²) in [4.78, 5) is 15.8. The van der Waals surface area contributed by atoms with Gasteiger partial charge in [0, 0.05) is 17.2 Å². The molecule has 0 radical (unpaired) electrons. The standard InChI is InChI=1S/C12H15BrN2O/c13-10-4-2-7-14-11(10)12(16)15-8-1-3-9-5-6-9/h2,4,7,9H,1,3,5-6,8H2,(H,15,16). The van der Waals surface area contributed by atoms with E-state index in [1.807, 2.05) is 6.07 Å². The summed E-state index contributed by atoms with van der Waals surface area (Å²) in [6.45, 7) is 0.748. The zero-order valence-electron chi connectivity index (χ0n) is 9.08. The molecule has 1 aliphatic carbocycles. The van der Waals surface area contributed by atoms with Crippen molar-refractivity contribution in [1.82, 2.24) is 10.3 Å². The van der Waals surface area contributed by atoms with E-state index in [4.69, 9.17) is 0 Å². The van der Waals surface area contributed by atoms with Gasteiger partial charge in [-0.2, -0.15) is 0 Å². The normalized spacial score (nSPS) is 14.8. The Labute approximate surface area is 104 Å². The largest absolute Gasteiger partial charge is 0.351 e. The van der Waals surface area contributed by atoms with Crippen molar-refractivity contribution in [3.63, 3.8) is 0 Å². The zero-order chi connectivity index (χ0) is 11.4. The van der Waals surface area contributed by atoms with E-state index in [1.54, 1.807) is 12.3 Å². The molecule has 2 rings (SSSR count). The molecular weight excluding hydrogens is 268 g/mol. The van der Waals surface area contributed by atoms with Crippen molar-refractivity contribution >= 4 is 21.8 Å². The number of carbonyl (C=O) groups is 1. The van der Waals surface area contributed by atoms with Crippen LogP contribution in [0.4, 0.5) is 0 Å². The molecule has 0 unspecified atom stereocenters. The van der Waals surface area contributed by atoms with Gasteiger partial charge in [0.15, 0.2) is 0 Å². The maximum Gasteiger partial charge on any atom is 0.271 e. The predicted octanol–water partition coefficient (Wildman–Crippen LogP) is 2.76. The minimum absolute atomic E-state index is 0.0942. The van der Waals surface area contributed by atoms with Crippen molar-refractivity contribution in [2.24, 2.45) is 5.92 Å². The maximum absolute atomic E-state index is 11.7. The van der Waals surface area contributed by atoms with Crippen molar-refractivity contribution < 1.29 is 4.79 Å². The molecule has 1 aromatic heterocycles. The van der Waals surface area contributed by atoms with Crippen molar-refractivity contribution in [3.8, 4) is 0 Å². The van der Waals surface area contributed by atoms with Crippen molar-refractivity contribution in [1.29, 1.82) is 0 Å². The van der Waals surface area contributed by atoms with E-state index in [0.717, 1.165) is 23.4 Å². The lowest BCUT2D eigenvalue weighted by Gasteiger charge is -2.05. The highest BCUT2D eigenvalue weighted by Gasteiger charge is 2.20. The van der Waals surface area contributed by atoms with Crippen LogP contribution in [0.25, 0.3) is 0 Å². The molecule has 1 saturated carbocycles. The average Bonchev–Trinajstić information content (AvgIpc) is 3.08. The predicted molar refractivity (Wildman–Crippen MR) is 66.2 cm³/mol. The summed E-state index contributed by atoms with van der Waals surface area (Å²) in [6, 6.07) is 3.63. The lowest BCUT2D eigenvalue weighted by molar-refractivity contribution is 0.0947. The van der Waals surface area contributed by atoms with Gasteiger partial charge in [-0.1, -0.05) is 12.8 Å². The van der Waals surface area contributed by atoms with Gasteiger partial charge in [0.1, 0.15) is 5.69 Å². The van der Waals surface area contributed by atoms with E-state index in [-0.39, 0.29) is 5.91 Å². The molecular formula is C12H15BrN2O. The van der Waals surface area contributed by atoms with E-state index in [2.05, 4.69) is 26.2 Å². The topological polar surface area (TPSA) is 42.0 Å². The first-order valence-electron chi connectivity index (χ1n) is 5.66. The lowest BCUT2D eigenvalue weighted by atomic mass is 10.2. The fourth-order valence-electron chi connectivity index (χ4n) is 1.64. The van der Waals surface area contributed by atoms with Crippen molar-refractivity contribution in [3.05, 3.63) is 28.5 Å². The van der Waals surface area contributed by atoms with Gasteiger partial charge in [0.2, 0.25) is 0 Å². The number of rotatable bonds is 5. The number of halogens is 1. The number of amides is 1. The Morgan fingerprint density at radius 1 is 1.56 bits per heavy atom. The molecule has 1 aliphatic rings. The molecule has 4 heteroatoms. The number of aromatic nitrogens is 1. The summed E-state index contributed by atoms with van der Waals surface area (Å²) in [7, 11) is 0. The first-order valence-corrected chi connectivity index (χ1v) is 6.45. The Morgan fingerprint density at radius 2 is 2.38 bits per heavy atom. The van der Waals surface area contributed by atoms with Gasteiger partial charge < -0.3 is 5.32 Å². The minimum atomic E-state index is -0.0942. The number of nitrogens with zero attached hydrogens (tertiary/aromatic N) is 1. The van der Waals surface area contributed by atoms with Crippen LogP contribution in [-0.4, -0.2) is 17.4 Å². The molecule has 1 aromatic rings. The van der Waals surface area contributed by atoms with Gasteiger partial charge in [-0.25, -0.2) is 4.98 Å². The Bertz CT molecular complexity index is 377. The van der Waals surface area contributed by atoms with Gasteiger partial charge in [-0.3, -0.25) is 4.79 Å². The number of carbonyl (C=O) groups excluding carboxylic acids is 1. The molecule has 1 fully saturated rings. The number of hydrogen-bond acceptors (Lipinski definition) is 2. The monoisotopic (exact) mass is 282 g/mol. The summed E-state index contributed by atoms with van der Waals surface area (Å²) in [5.41, 5.74) is 0.467. The average molecular weight is 283 g/mol. The zero-order valence-corrected chi connectivity index (χ0v) is 10.7. The highest BCUT2D eigenvalue weighted by Crippen LogP contribution is 2.33. The Balaban J connectivity index is 1.76. The molecule has 0 aliphatic heterocycles. The van der Waals surface area contributed by atoms with Crippen LogP contribution in [0.3, 0.4) is 0 Å². The lowest BCUT2D eigenvalue weighted by Crippen LogP contribution is -2.25. The van der Waals surface area contributed by atoms with Gasteiger partial charge in [0.05, 0.1) is 0 Å². The number of nitrogens with one attached hydrogen (secondary N) is 1. The van der Waals surface area contributed by atoms with Gasteiger partial charge in [-0.15, -0.1) is 0 Å². The Morgan fingerprint density at radius 3 is 3.06 bits per heavy atom. The molecule has 0 aromatic carbocycles. The third-order valence-corrected chi connectivity index (χ3v) is 3.39. The van der Waals surface area contributed by atoms with Gasteiger partial charge in [0.25, 0.3) is 5.91 Å². The van der Waals surface area contributed by atoms with Crippen LogP contribution < -0.4 is 5.32 Å². The van der Waals surface area contributed by atoms with Gasteiger partial charge >= 0.3 is 0 Å². The number of pyridine rings is 1. The third kappa shape index (κ3) is 3.30. The molecule has 3 nitrogen and oxygen atoms in total. The van der Waals surface area contributed by atoms with E-state index in [1.165, 1.54) is 19.3 Å². The summed E-state index contributed by atoms with van der Waals surface area (Å²) in [5.74, 6) is 0.835. The Kier molecular flexibility index (Phi) is 3.93. The SMILES string of the molecule is O=C(NCCCC1CC1)c1ncccc1Br. The highest BCUT2D eigenvalue weighted by molar-refractivity contribution is 9.10. The molecule has 0 spiro atoms. The smallest absolute Gasteiger partial charge is 0.271 e. The molecule has 1 heterocycles. The second kappa shape index (κ2) is 5.43. The van der Waals surface area contributed by atoms with Crippen LogP contribution in [0.15, 0.2) is 22.8 Å². The number of hydrogen-bond donors (Lipinski definition) is 1. The maximum atomic E-state index is 11.7. The van der Waals surface area contributed by atoms with Crippen LogP contribution in [0, 0.1) is 5.92 Å². The first kappa shape index (κ1) is 11.6. The second-order valence-corrected chi connectivity index (χ2v) is 5.03. The Hall–Kier alpha value is -0.900. The van der Waals surface area contributed by atoms with Crippen LogP contribution in [0.1, 0.15) is 36.2 Å². The van der Waals surface area contributed by atoms with E-state index < -0.39 is 0 Å². The van der Waals surface area contributed by atoms with E-state index >= 15 is 0 Å². The molecule has 86 valence electrons. The van der Waals surface area contributed by atoms with Crippen LogP contribution in [-0.2, 0) is 0 Å². The quantitative estimate of drug-likeness (QED) is 0.844. The van der Waals surface area contributed by atoms with Crippen molar-refractivity contribution in [2.75, 3.05) is 6.54 Å². The molecule has 1 amide bonds. The highest BCUT2D eigenvalue weighted by atomic mass is 79.9. The van der Waals surface area contributed by atoms with Crippen LogP contribution in [0.5, 0.6) is 0 Å². The fraction of sp³-hybridized carbons (Fsp3) is 0.500. The summed E-state index contributed by atoms with van der Waals surface area (Å²) in [6.07, 6.45) is 6.69. The second-order valence-electron chi connectivity index (χ2n) is 4.18. The molecule has 0 bridgehead atoms. The van der Waals surface area contributed by atoms with E-state index in [9.17, 15) is 4.79 Å². The summed E-state index contributed by atoms with van der Waals surface area (Å²) >= 11 is 3.32. The van der Waals surface area contributed by atoms with Crippen molar-refractivity contribution in [2.45, 2.75) is 25.7 Å². The third-order valence-electron chi connectivity index (χ3n) is 2.75. The van der Waals surface area contributed by atoms with Crippen LogP contribution >= 0.6 is 15.9 Å². The van der Waals surface area contributed by atoms with Gasteiger partial charge in [-0.05, 0) is 46.8 Å². The minimum Gasteiger partial charge on any atom is -0.351 e. The first-order chi connectivity index (χ1) is 7.77. The summed E-state index contributed by atoms with van der Waals surface area (Å²) < 4.78 is 0.745. The van der Waals surface area contributed by atoms with Crippen LogP contribution in [0.2, 0.25) is 0 Å². The summed E-state index contributed by atoms with van der Waals surface area (Å²) in [5, 5.41) is 2.89. The molecule has 0 saturated heterocycles. The molecule has 1 N–H and O–H groups in total. The fourth-order valence-corrected chi connectivity index (χ4v) is 2.07.